The topological polar surface area (TPSA) is 78.8 Å². The predicted molar refractivity (Wildman–Crippen MR) is 60.5 cm³/mol. The molecule has 2 heterocycles. The fourth-order valence-electron chi connectivity index (χ4n) is 1.86. The largest absolute Gasteiger partial charge is 0.341 e. The molecule has 1 aliphatic rings. The van der Waals surface area contributed by atoms with Crippen LogP contribution in [0.5, 0.6) is 0 Å². The van der Waals surface area contributed by atoms with Crippen LogP contribution in [0, 0.1) is 17.2 Å². The third kappa shape index (κ3) is 2.28. The lowest BCUT2D eigenvalue weighted by Crippen LogP contribution is -2.34. The van der Waals surface area contributed by atoms with Crippen LogP contribution in [0.1, 0.15) is 18.5 Å². The summed E-state index contributed by atoms with van der Waals surface area (Å²) in [5.74, 6) is 0.924. The Bertz CT molecular complexity index is 390. The molecule has 0 saturated carbocycles. The van der Waals surface area contributed by atoms with E-state index < -0.39 is 0 Å². The molecule has 5 nitrogen and oxygen atoms in total. The van der Waals surface area contributed by atoms with Crippen LogP contribution in [0.2, 0.25) is 0 Å². The Hall–Kier alpha value is -1.67. The second-order valence-corrected chi connectivity index (χ2v) is 3.94. The van der Waals surface area contributed by atoms with Crippen LogP contribution in [-0.4, -0.2) is 23.1 Å². The molecule has 1 saturated heterocycles. The van der Waals surface area contributed by atoms with Crippen molar-refractivity contribution in [3.05, 3.63) is 18.0 Å². The quantitative estimate of drug-likeness (QED) is 0.787. The maximum absolute atomic E-state index is 8.81. The summed E-state index contributed by atoms with van der Waals surface area (Å²) in [6.07, 6.45) is 3.53. The van der Waals surface area contributed by atoms with Gasteiger partial charge >= 0.3 is 0 Å². The molecule has 84 valence electrons. The molecule has 0 unspecified atom stereocenters. The number of nitriles is 1. The Kier molecular flexibility index (Phi) is 3.32. The number of anilines is 1. The fraction of sp³-hybridized carbons (Fsp3) is 0.545. The van der Waals surface area contributed by atoms with E-state index >= 15 is 0 Å². The minimum atomic E-state index is 0.189. The first-order valence-electron chi connectivity index (χ1n) is 5.50. The Morgan fingerprint density at radius 2 is 2.25 bits per heavy atom. The minimum absolute atomic E-state index is 0.189. The number of nitrogens with two attached hydrogens (primary N) is 1. The Labute approximate surface area is 94.9 Å². The fourth-order valence-corrected chi connectivity index (χ4v) is 1.86. The number of hydrogen-bond acceptors (Lipinski definition) is 5. The summed E-state index contributed by atoms with van der Waals surface area (Å²) in [7, 11) is 0. The van der Waals surface area contributed by atoms with Gasteiger partial charge in [-0.3, -0.25) is 0 Å². The molecule has 0 bridgehead atoms. The molecular formula is C11H15N5. The van der Waals surface area contributed by atoms with Crippen molar-refractivity contribution in [2.24, 2.45) is 11.7 Å². The molecule has 0 radical (unpaired) electrons. The Morgan fingerprint density at radius 1 is 1.50 bits per heavy atom. The summed E-state index contributed by atoms with van der Waals surface area (Å²) < 4.78 is 0. The third-order valence-electron chi connectivity index (χ3n) is 2.87. The van der Waals surface area contributed by atoms with Gasteiger partial charge in [-0.25, -0.2) is 9.97 Å². The zero-order chi connectivity index (χ0) is 11.4. The summed E-state index contributed by atoms with van der Waals surface area (Å²) in [4.78, 5) is 10.7. The molecule has 1 fully saturated rings. The van der Waals surface area contributed by atoms with Crippen molar-refractivity contribution in [2.45, 2.75) is 19.4 Å². The van der Waals surface area contributed by atoms with Crippen LogP contribution in [-0.2, 0) is 6.54 Å². The lowest BCUT2D eigenvalue weighted by Gasteiger charge is -2.29. The van der Waals surface area contributed by atoms with Crippen molar-refractivity contribution in [3.8, 4) is 6.07 Å². The van der Waals surface area contributed by atoms with Crippen molar-refractivity contribution in [1.82, 2.24) is 9.97 Å². The average Bonchev–Trinajstić information content (AvgIpc) is 2.39. The summed E-state index contributed by atoms with van der Waals surface area (Å²) in [6.45, 7) is 2.14. The molecule has 0 aromatic carbocycles. The van der Waals surface area contributed by atoms with Crippen molar-refractivity contribution in [3.63, 3.8) is 0 Å². The molecule has 1 aromatic heterocycles. The molecule has 1 aliphatic heterocycles. The van der Waals surface area contributed by atoms with Gasteiger partial charge in [0, 0.05) is 31.7 Å². The van der Waals surface area contributed by atoms with E-state index in [0.29, 0.717) is 6.54 Å². The molecule has 2 rings (SSSR count). The lowest BCUT2D eigenvalue weighted by atomic mass is 9.99. The van der Waals surface area contributed by atoms with E-state index in [0.717, 1.165) is 37.6 Å². The second kappa shape index (κ2) is 4.90. The van der Waals surface area contributed by atoms with Crippen LogP contribution in [0.4, 0.5) is 5.95 Å². The first-order chi connectivity index (χ1) is 7.83. The van der Waals surface area contributed by atoms with Crippen LogP contribution in [0.3, 0.4) is 0 Å². The number of hydrogen-bond donors (Lipinski definition) is 1. The van der Waals surface area contributed by atoms with Crippen LogP contribution in [0.15, 0.2) is 12.3 Å². The highest BCUT2D eigenvalue weighted by Crippen LogP contribution is 2.19. The van der Waals surface area contributed by atoms with Gasteiger partial charge in [-0.15, -0.1) is 0 Å². The van der Waals surface area contributed by atoms with Gasteiger partial charge in [-0.1, -0.05) is 0 Å². The zero-order valence-corrected chi connectivity index (χ0v) is 9.13. The van der Waals surface area contributed by atoms with E-state index in [2.05, 4.69) is 20.9 Å². The summed E-state index contributed by atoms with van der Waals surface area (Å²) >= 11 is 0. The van der Waals surface area contributed by atoms with E-state index in [-0.39, 0.29) is 5.92 Å². The summed E-state index contributed by atoms with van der Waals surface area (Å²) in [5, 5.41) is 8.81. The Morgan fingerprint density at radius 3 is 2.88 bits per heavy atom. The number of rotatable bonds is 2. The monoisotopic (exact) mass is 217 g/mol. The second-order valence-electron chi connectivity index (χ2n) is 3.94. The molecule has 2 N–H and O–H groups in total. The van der Waals surface area contributed by atoms with E-state index in [4.69, 9.17) is 11.0 Å². The Balaban J connectivity index is 2.05. The van der Waals surface area contributed by atoms with Crippen molar-refractivity contribution < 1.29 is 0 Å². The van der Waals surface area contributed by atoms with Gasteiger partial charge in [0.2, 0.25) is 5.95 Å². The molecule has 1 aromatic rings. The molecule has 16 heavy (non-hydrogen) atoms. The van der Waals surface area contributed by atoms with Crippen LogP contribution < -0.4 is 10.6 Å². The normalized spacial score (nSPS) is 17.1. The van der Waals surface area contributed by atoms with Crippen molar-refractivity contribution >= 4 is 5.95 Å². The molecule has 0 spiro atoms. The maximum atomic E-state index is 8.81. The highest BCUT2D eigenvalue weighted by molar-refractivity contribution is 5.31. The van der Waals surface area contributed by atoms with Gasteiger partial charge in [0.1, 0.15) is 0 Å². The highest BCUT2D eigenvalue weighted by atomic mass is 15.2. The first kappa shape index (κ1) is 10.8. The molecular weight excluding hydrogens is 202 g/mol. The van der Waals surface area contributed by atoms with E-state index in [9.17, 15) is 0 Å². The van der Waals surface area contributed by atoms with Crippen molar-refractivity contribution in [1.29, 1.82) is 5.26 Å². The van der Waals surface area contributed by atoms with Gasteiger partial charge in [0.15, 0.2) is 0 Å². The summed E-state index contributed by atoms with van der Waals surface area (Å²) in [6, 6.07) is 4.14. The van der Waals surface area contributed by atoms with Gasteiger partial charge in [-0.05, 0) is 18.9 Å². The van der Waals surface area contributed by atoms with E-state index in [1.807, 2.05) is 6.07 Å². The van der Waals surface area contributed by atoms with Gasteiger partial charge in [-0.2, -0.15) is 5.26 Å². The molecule has 0 amide bonds. The number of aromatic nitrogens is 2. The molecule has 5 heteroatoms. The molecule has 0 atom stereocenters. The third-order valence-corrected chi connectivity index (χ3v) is 2.87. The SMILES string of the molecule is N#CC1CCN(c2nccc(CN)n2)CC1. The van der Waals surface area contributed by atoms with Gasteiger partial charge in [0.05, 0.1) is 11.8 Å². The maximum Gasteiger partial charge on any atom is 0.225 e. The smallest absolute Gasteiger partial charge is 0.225 e. The van der Waals surface area contributed by atoms with E-state index in [1.165, 1.54) is 0 Å². The van der Waals surface area contributed by atoms with E-state index in [1.54, 1.807) is 6.20 Å². The molecule has 0 aliphatic carbocycles. The zero-order valence-electron chi connectivity index (χ0n) is 9.13. The number of piperidine rings is 1. The van der Waals surface area contributed by atoms with Crippen molar-refractivity contribution in [2.75, 3.05) is 18.0 Å². The summed E-state index contributed by atoms with van der Waals surface area (Å²) in [5.41, 5.74) is 6.39. The van der Waals surface area contributed by atoms with Crippen LogP contribution >= 0.6 is 0 Å². The predicted octanol–water partition coefficient (Wildman–Crippen LogP) is 0.675. The van der Waals surface area contributed by atoms with Crippen LogP contribution in [0.25, 0.3) is 0 Å². The lowest BCUT2D eigenvalue weighted by molar-refractivity contribution is 0.482. The average molecular weight is 217 g/mol. The highest BCUT2D eigenvalue weighted by Gasteiger charge is 2.20. The minimum Gasteiger partial charge on any atom is -0.341 e. The first-order valence-corrected chi connectivity index (χ1v) is 5.50. The number of nitrogens with zero attached hydrogens (tertiary/aromatic N) is 4. The standard InChI is InChI=1S/C11H15N5/c12-7-9-2-5-16(6-3-9)11-14-4-1-10(8-13)15-11/h1,4,9H,2-3,5-6,8,13H2. The van der Waals surface area contributed by atoms with Gasteiger partial charge in [0.25, 0.3) is 0 Å². The van der Waals surface area contributed by atoms with Gasteiger partial charge < -0.3 is 10.6 Å².